The largest absolute Gasteiger partial charge is 0.447 e. The Hall–Kier alpha value is -3.36. The molecule has 1 saturated heterocycles. The standard InChI is InChI=1S/C19H22N6O3/c1-10(2)15-9-28-19(27)25(15)16-6-7-20-17(24-16)21-11(3)12-4-5-13-14(8-12)23-18(26)22-13/h4-8,10-11,15H,9H2,1-3H3,(H,20,21,24)(H2,22,23,26)/t11-,15?/m1/s1. The van der Waals surface area contributed by atoms with E-state index >= 15 is 0 Å². The van der Waals surface area contributed by atoms with E-state index in [1.165, 1.54) is 0 Å². The summed E-state index contributed by atoms with van der Waals surface area (Å²) >= 11 is 0. The normalized spacial score (nSPS) is 17.9. The van der Waals surface area contributed by atoms with Crippen molar-refractivity contribution < 1.29 is 9.53 Å². The third kappa shape index (κ3) is 3.30. The molecule has 1 aromatic carbocycles. The fourth-order valence-corrected chi connectivity index (χ4v) is 3.34. The Bertz CT molecular complexity index is 1070. The molecular formula is C19H22N6O3. The number of cyclic esters (lactones) is 1. The second-order valence-corrected chi connectivity index (χ2v) is 7.25. The van der Waals surface area contributed by atoms with Crippen molar-refractivity contribution in [2.75, 3.05) is 16.8 Å². The number of amides is 1. The van der Waals surface area contributed by atoms with Crippen molar-refractivity contribution in [3.8, 4) is 0 Å². The molecule has 3 heterocycles. The minimum absolute atomic E-state index is 0.0551. The average molecular weight is 382 g/mol. The van der Waals surface area contributed by atoms with Gasteiger partial charge < -0.3 is 20.0 Å². The van der Waals surface area contributed by atoms with Crippen molar-refractivity contribution in [2.45, 2.75) is 32.9 Å². The quantitative estimate of drug-likeness (QED) is 0.625. The number of fused-ring (bicyclic) bond motifs is 1. The fraction of sp³-hybridized carbons (Fsp3) is 0.368. The van der Waals surface area contributed by atoms with E-state index < -0.39 is 6.09 Å². The van der Waals surface area contributed by atoms with E-state index in [2.05, 4.69) is 25.3 Å². The number of benzene rings is 1. The number of aromatic amines is 2. The van der Waals surface area contributed by atoms with Gasteiger partial charge in [-0.2, -0.15) is 4.98 Å². The van der Waals surface area contributed by atoms with Gasteiger partial charge >= 0.3 is 11.8 Å². The Balaban J connectivity index is 1.57. The van der Waals surface area contributed by atoms with Gasteiger partial charge in [0.2, 0.25) is 5.95 Å². The highest BCUT2D eigenvalue weighted by atomic mass is 16.6. The van der Waals surface area contributed by atoms with Crippen LogP contribution in [0.4, 0.5) is 16.6 Å². The SMILES string of the molecule is CC(C)C1COC(=O)N1c1ccnc(N[C@H](C)c2ccc3[nH]c(=O)[nH]c3c2)n1. The molecule has 0 spiro atoms. The summed E-state index contributed by atoms with van der Waals surface area (Å²) in [6.07, 6.45) is 1.23. The van der Waals surface area contributed by atoms with Crippen LogP contribution in [0.25, 0.3) is 11.0 Å². The number of rotatable bonds is 5. The van der Waals surface area contributed by atoms with Gasteiger partial charge in [0.25, 0.3) is 0 Å². The molecular weight excluding hydrogens is 360 g/mol. The molecule has 3 aromatic rings. The summed E-state index contributed by atoms with van der Waals surface area (Å²) in [6.45, 7) is 6.42. The zero-order valence-electron chi connectivity index (χ0n) is 15.9. The number of nitrogens with one attached hydrogen (secondary N) is 3. The van der Waals surface area contributed by atoms with Crippen LogP contribution in [0.15, 0.2) is 35.3 Å². The van der Waals surface area contributed by atoms with Crippen molar-refractivity contribution in [2.24, 2.45) is 5.92 Å². The van der Waals surface area contributed by atoms with E-state index in [0.29, 0.717) is 18.4 Å². The first kappa shape index (κ1) is 18.0. The predicted molar refractivity (Wildman–Crippen MR) is 105 cm³/mol. The molecule has 9 nitrogen and oxygen atoms in total. The molecule has 1 aliphatic heterocycles. The molecule has 1 unspecified atom stereocenters. The van der Waals surface area contributed by atoms with Crippen molar-refractivity contribution in [1.82, 2.24) is 19.9 Å². The highest BCUT2D eigenvalue weighted by molar-refractivity contribution is 5.89. The lowest BCUT2D eigenvalue weighted by Gasteiger charge is -2.23. The lowest BCUT2D eigenvalue weighted by atomic mass is 10.0. The molecule has 1 amide bonds. The third-order valence-electron chi connectivity index (χ3n) is 4.95. The number of nitrogens with zero attached hydrogens (tertiary/aromatic N) is 3. The average Bonchev–Trinajstić information content (AvgIpc) is 3.22. The minimum Gasteiger partial charge on any atom is -0.447 e. The van der Waals surface area contributed by atoms with Gasteiger partial charge in [0.05, 0.1) is 23.1 Å². The monoisotopic (exact) mass is 382 g/mol. The molecule has 9 heteroatoms. The van der Waals surface area contributed by atoms with Gasteiger partial charge in [-0.1, -0.05) is 19.9 Å². The van der Waals surface area contributed by atoms with Crippen LogP contribution in [0.5, 0.6) is 0 Å². The first-order valence-electron chi connectivity index (χ1n) is 9.20. The molecule has 28 heavy (non-hydrogen) atoms. The summed E-state index contributed by atoms with van der Waals surface area (Å²) < 4.78 is 5.20. The maximum absolute atomic E-state index is 12.2. The lowest BCUT2D eigenvalue weighted by Crippen LogP contribution is -2.37. The van der Waals surface area contributed by atoms with Crippen LogP contribution in [0.3, 0.4) is 0 Å². The number of aromatic nitrogens is 4. The maximum atomic E-state index is 12.2. The zero-order valence-corrected chi connectivity index (χ0v) is 15.9. The molecule has 3 N–H and O–H groups in total. The number of H-pyrrole nitrogens is 2. The predicted octanol–water partition coefficient (Wildman–Crippen LogP) is 2.80. The molecule has 2 atom stereocenters. The number of carbonyl (C=O) groups excluding carboxylic acids is 1. The highest BCUT2D eigenvalue weighted by Gasteiger charge is 2.37. The van der Waals surface area contributed by atoms with E-state index in [9.17, 15) is 9.59 Å². The van der Waals surface area contributed by atoms with Gasteiger partial charge in [-0.3, -0.25) is 4.90 Å². The second kappa shape index (κ2) is 6.99. The number of hydrogen-bond donors (Lipinski definition) is 3. The Morgan fingerprint density at radius 2 is 1.96 bits per heavy atom. The smallest absolute Gasteiger partial charge is 0.415 e. The number of hydrogen-bond acceptors (Lipinski definition) is 6. The molecule has 4 rings (SSSR count). The maximum Gasteiger partial charge on any atom is 0.415 e. The minimum atomic E-state index is -0.390. The second-order valence-electron chi connectivity index (χ2n) is 7.25. The van der Waals surface area contributed by atoms with Crippen molar-refractivity contribution in [3.05, 3.63) is 46.5 Å². The molecule has 2 aromatic heterocycles. The van der Waals surface area contributed by atoms with E-state index in [0.717, 1.165) is 16.6 Å². The van der Waals surface area contributed by atoms with E-state index in [1.807, 2.05) is 39.0 Å². The highest BCUT2D eigenvalue weighted by Crippen LogP contribution is 2.27. The first-order chi connectivity index (χ1) is 13.4. The first-order valence-corrected chi connectivity index (χ1v) is 9.20. The third-order valence-corrected chi connectivity index (χ3v) is 4.95. The van der Waals surface area contributed by atoms with Crippen molar-refractivity contribution >= 4 is 28.9 Å². The van der Waals surface area contributed by atoms with Crippen LogP contribution in [0.2, 0.25) is 0 Å². The van der Waals surface area contributed by atoms with Gasteiger partial charge in [0, 0.05) is 6.20 Å². The van der Waals surface area contributed by atoms with Crippen LogP contribution in [-0.4, -0.2) is 38.7 Å². The number of anilines is 2. The van der Waals surface area contributed by atoms with E-state index in [4.69, 9.17) is 4.74 Å². The summed E-state index contributed by atoms with van der Waals surface area (Å²) in [7, 11) is 0. The van der Waals surface area contributed by atoms with Crippen LogP contribution in [0.1, 0.15) is 32.4 Å². The summed E-state index contributed by atoms with van der Waals surface area (Å²) in [5.41, 5.74) is 2.23. The molecule has 0 radical (unpaired) electrons. The molecule has 0 aliphatic carbocycles. The van der Waals surface area contributed by atoms with Gasteiger partial charge in [-0.15, -0.1) is 0 Å². The summed E-state index contributed by atoms with van der Waals surface area (Å²) in [5, 5.41) is 3.25. The molecule has 146 valence electrons. The van der Waals surface area contributed by atoms with E-state index in [-0.39, 0.29) is 23.7 Å². The van der Waals surface area contributed by atoms with Crippen LogP contribution in [0, 0.1) is 5.92 Å². The Morgan fingerprint density at radius 1 is 1.18 bits per heavy atom. The topological polar surface area (TPSA) is 116 Å². The number of ether oxygens (including phenoxy) is 1. The van der Waals surface area contributed by atoms with Crippen LogP contribution < -0.4 is 15.9 Å². The van der Waals surface area contributed by atoms with Gasteiger partial charge in [0.1, 0.15) is 12.4 Å². The van der Waals surface area contributed by atoms with Gasteiger partial charge in [0.15, 0.2) is 0 Å². The van der Waals surface area contributed by atoms with Crippen LogP contribution in [-0.2, 0) is 4.74 Å². The lowest BCUT2D eigenvalue weighted by molar-refractivity contribution is 0.177. The molecule has 0 bridgehead atoms. The molecule has 1 fully saturated rings. The number of carbonyl (C=O) groups is 1. The van der Waals surface area contributed by atoms with Crippen molar-refractivity contribution in [1.29, 1.82) is 0 Å². The summed E-state index contributed by atoms with van der Waals surface area (Å²) in [5.74, 6) is 1.16. The summed E-state index contributed by atoms with van der Waals surface area (Å²) in [4.78, 5) is 39.4. The molecule has 1 aliphatic rings. The Labute approximate surface area is 161 Å². The van der Waals surface area contributed by atoms with Gasteiger partial charge in [-0.05, 0) is 36.6 Å². The summed E-state index contributed by atoms with van der Waals surface area (Å²) in [6, 6.07) is 7.23. The van der Waals surface area contributed by atoms with Crippen molar-refractivity contribution in [3.63, 3.8) is 0 Å². The fourth-order valence-electron chi connectivity index (χ4n) is 3.34. The van der Waals surface area contributed by atoms with Crippen LogP contribution >= 0.6 is 0 Å². The Morgan fingerprint density at radius 3 is 2.75 bits per heavy atom. The zero-order chi connectivity index (χ0) is 19.8. The number of imidazole rings is 1. The molecule has 0 saturated carbocycles. The Kier molecular flexibility index (Phi) is 4.50. The van der Waals surface area contributed by atoms with Gasteiger partial charge in [-0.25, -0.2) is 14.6 Å². The van der Waals surface area contributed by atoms with E-state index in [1.54, 1.807) is 17.2 Å².